The number of aromatic nitrogens is 2. The van der Waals surface area contributed by atoms with Crippen molar-refractivity contribution in [2.75, 3.05) is 10.6 Å². The van der Waals surface area contributed by atoms with Crippen LogP contribution in [0.4, 0.5) is 23.1 Å². The minimum atomic E-state index is -3.58. The molecule has 1 aliphatic rings. The molecule has 2 amide bonds. The van der Waals surface area contributed by atoms with Crippen molar-refractivity contribution in [1.82, 2.24) is 14.9 Å². The first-order chi connectivity index (χ1) is 17.9. The van der Waals surface area contributed by atoms with Crippen LogP contribution in [0.1, 0.15) is 50.5 Å². The number of hydrogen-bond acceptors (Lipinski definition) is 9. The molecule has 0 atom stereocenters. The number of benzene rings is 2. The molecular weight excluding hydrogens is 530 g/mol. The second-order valence-electron chi connectivity index (χ2n) is 9.31. The van der Waals surface area contributed by atoms with Crippen LogP contribution in [0.2, 0.25) is 5.02 Å². The Morgan fingerprint density at radius 3 is 2.47 bits per heavy atom. The van der Waals surface area contributed by atoms with Gasteiger partial charge in [-0.1, -0.05) is 23.7 Å². The first-order valence-corrected chi connectivity index (χ1v) is 13.9. The Balaban J connectivity index is 1.70. The van der Waals surface area contributed by atoms with Gasteiger partial charge in [-0.05, 0) is 57.5 Å². The smallest absolute Gasteiger partial charge is 0.261 e. The lowest BCUT2D eigenvalue weighted by Gasteiger charge is -2.17. The van der Waals surface area contributed by atoms with Crippen LogP contribution >= 0.6 is 11.6 Å². The summed E-state index contributed by atoms with van der Waals surface area (Å²) in [7, 11) is -3.58. The number of fused-ring (bicyclic) bond motifs is 1. The van der Waals surface area contributed by atoms with Crippen molar-refractivity contribution in [2.45, 2.75) is 57.4 Å². The van der Waals surface area contributed by atoms with Crippen molar-refractivity contribution in [3.8, 4) is 5.75 Å². The second kappa shape index (κ2) is 10.6. The third kappa shape index (κ3) is 5.44. The molecule has 0 saturated carbocycles. The van der Waals surface area contributed by atoms with Gasteiger partial charge in [-0.3, -0.25) is 14.5 Å². The number of carbonyl (C=O) groups is 2. The predicted molar refractivity (Wildman–Crippen MR) is 145 cm³/mol. The number of anilines is 4. The van der Waals surface area contributed by atoms with Gasteiger partial charge in [-0.15, -0.1) is 0 Å². The molecule has 2 N–H and O–H groups in total. The molecule has 4 rings (SSSR count). The van der Waals surface area contributed by atoms with E-state index in [4.69, 9.17) is 16.3 Å². The summed E-state index contributed by atoms with van der Waals surface area (Å²) in [5, 5.41) is 5.63. The van der Waals surface area contributed by atoms with Crippen LogP contribution in [0, 0.1) is 0 Å². The topological polar surface area (TPSA) is 131 Å². The van der Waals surface area contributed by atoms with E-state index in [-0.39, 0.29) is 40.2 Å². The number of hydrogen-bond donors (Lipinski definition) is 2. The van der Waals surface area contributed by atoms with Crippen LogP contribution < -0.4 is 15.4 Å². The van der Waals surface area contributed by atoms with Gasteiger partial charge in [0.1, 0.15) is 10.8 Å². The van der Waals surface area contributed by atoms with Crippen molar-refractivity contribution in [1.29, 1.82) is 0 Å². The van der Waals surface area contributed by atoms with E-state index in [9.17, 15) is 18.0 Å². The number of ether oxygens (including phenoxy) is 1. The molecule has 0 unspecified atom stereocenters. The third-order valence-corrected chi connectivity index (χ3v) is 8.30. The highest BCUT2D eigenvalue weighted by Gasteiger charge is 2.32. The molecule has 200 valence electrons. The van der Waals surface area contributed by atoms with Crippen molar-refractivity contribution >= 4 is 56.4 Å². The molecule has 0 spiro atoms. The summed E-state index contributed by atoms with van der Waals surface area (Å²) in [5.41, 5.74) is 1.80. The summed E-state index contributed by atoms with van der Waals surface area (Å²) in [6.07, 6.45) is 1.20. The molecular formula is C26H28ClN5O5S. The first kappa shape index (κ1) is 27.3. The van der Waals surface area contributed by atoms with E-state index in [1.54, 1.807) is 44.2 Å². The zero-order valence-electron chi connectivity index (χ0n) is 21.6. The molecule has 3 aromatic rings. The van der Waals surface area contributed by atoms with E-state index < -0.39 is 21.0 Å². The average molecular weight is 558 g/mol. The number of amides is 2. The number of carbonyl (C=O) groups excluding carboxylic acids is 2. The number of halogens is 1. The number of para-hydroxylation sites is 1. The molecule has 38 heavy (non-hydrogen) atoms. The van der Waals surface area contributed by atoms with Crippen molar-refractivity contribution in [2.24, 2.45) is 0 Å². The molecule has 12 heteroatoms. The summed E-state index contributed by atoms with van der Waals surface area (Å²) >= 11 is 6.35. The summed E-state index contributed by atoms with van der Waals surface area (Å²) < 4.78 is 31.7. The fraction of sp³-hybridized carbons (Fsp3) is 0.308. The molecule has 0 saturated heterocycles. The second-order valence-corrected chi connectivity index (χ2v) is 12.2. The Labute approximate surface area is 226 Å². The predicted octanol–water partition coefficient (Wildman–Crippen LogP) is 5.09. The fourth-order valence-corrected chi connectivity index (χ4v) is 5.22. The summed E-state index contributed by atoms with van der Waals surface area (Å²) in [6, 6.07) is 9.83. The zero-order chi connectivity index (χ0) is 27.8. The van der Waals surface area contributed by atoms with Crippen LogP contribution in [0.5, 0.6) is 5.75 Å². The highest BCUT2D eigenvalue weighted by Crippen LogP contribution is 2.36. The summed E-state index contributed by atoms with van der Waals surface area (Å²) in [4.78, 5) is 34.6. The largest absolute Gasteiger partial charge is 0.489 e. The molecule has 2 heterocycles. The Bertz CT molecular complexity index is 1520. The molecule has 2 aromatic carbocycles. The first-order valence-electron chi connectivity index (χ1n) is 11.9. The molecule has 0 bridgehead atoms. The van der Waals surface area contributed by atoms with E-state index in [1.165, 1.54) is 19.2 Å². The van der Waals surface area contributed by atoms with Gasteiger partial charge in [0.2, 0.25) is 11.9 Å². The molecule has 0 radical (unpaired) electrons. The molecule has 1 aliphatic heterocycles. The maximum Gasteiger partial charge on any atom is 0.261 e. The standard InChI is InChI=1S/C26H28ClN5O5S/c1-14(2)37-22-10-17-13-32(16(5)33)25(34)18(17)11-21(22)30-26-28-12-19(27)24(31-26)29-20-8-6-7-9-23(20)38(35,36)15(3)4/h6-12,14-15H,13H2,1-5H3,(H2,28,29,30,31). The maximum atomic E-state index is 12.9. The monoisotopic (exact) mass is 557 g/mol. The number of sulfone groups is 1. The van der Waals surface area contributed by atoms with E-state index in [2.05, 4.69) is 20.6 Å². The lowest BCUT2D eigenvalue weighted by atomic mass is 10.1. The highest BCUT2D eigenvalue weighted by molar-refractivity contribution is 7.92. The average Bonchev–Trinajstić information content (AvgIpc) is 3.16. The van der Waals surface area contributed by atoms with Crippen LogP contribution in [-0.4, -0.2) is 46.5 Å². The molecule has 1 aromatic heterocycles. The van der Waals surface area contributed by atoms with Crippen LogP contribution in [-0.2, 0) is 21.2 Å². The van der Waals surface area contributed by atoms with Crippen LogP contribution in [0.15, 0.2) is 47.5 Å². The lowest BCUT2D eigenvalue weighted by molar-refractivity contribution is -0.126. The van der Waals surface area contributed by atoms with Crippen LogP contribution in [0.3, 0.4) is 0 Å². The maximum absolute atomic E-state index is 12.9. The van der Waals surface area contributed by atoms with Crippen molar-refractivity contribution < 1.29 is 22.7 Å². The number of rotatable bonds is 8. The SMILES string of the molecule is CC(=O)N1Cc2cc(OC(C)C)c(Nc3ncc(Cl)c(Nc4ccccc4S(=O)(=O)C(C)C)n3)cc2C1=O. The minimum Gasteiger partial charge on any atom is -0.489 e. The van der Waals surface area contributed by atoms with Gasteiger partial charge in [-0.2, -0.15) is 4.98 Å². The number of nitrogens with one attached hydrogen (secondary N) is 2. The van der Waals surface area contributed by atoms with Gasteiger partial charge < -0.3 is 15.4 Å². The normalized spacial score (nSPS) is 13.2. The lowest BCUT2D eigenvalue weighted by Crippen LogP contribution is -2.28. The zero-order valence-corrected chi connectivity index (χ0v) is 23.1. The highest BCUT2D eigenvalue weighted by atomic mass is 35.5. The van der Waals surface area contributed by atoms with Crippen molar-refractivity contribution in [3.63, 3.8) is 0 Å². The van der Waals surface area contributed by atoms with E-state index in [0.717, 1.165) is 4.90 Å². The Morgan fingerprint density at radius 1 is 1.11 bits per heavy atom. The Kier molecular flexibility index (Phi) is 7.61. The van der Waals surface area contributed by atoms with E-state index in [1.807, 2.05) is 13.8 Å². The molecule has 0 fully saturated rings. The number of imide groups is 1. The third-order valence-electron chi connectivity index (χ3n) is 5.81. The number of nitrogens with zero attached hydrogens (tertiary/aromatic N) is 3. The minimum absolute atomic E-state index is 0.124. The van der Waals surface area contributed by atoms with Gasteiger partial charge >= 0.3 is 0 Å². The van der Waals surface area contributed by atoms with Gasteiger partial charge in [0.15, 0.2) is 15.7 Å². The van der Waals surface area contributed by atoms with Crippen molar-refractivity contribution in [3.05, 3.63) is 58.7 Å². The Hall–Kier alpha value is -3.70. The fourth-order valence-electron chi connectivity index (χ4n) is 3.88. The quantitative estimate of drug-likeness (QED) is 0.389. The van der Waals surface area contributed by atoms with Gasteiger partial charge in [0.05, 0.1) is 40.4 Å². The van der Waals surface area contributed by atoms with E-state index >= 15 is 0 Å². The van der Waals surface area contributed by atoms with Gasteiger partial charge in [0, 0.05) is 12.5 Å². The van der Waals surface area contributed by atoms with Gasteiger partial charge in [-0.25, -0.2) is 13.4 Å². The van der Waals surface area contributed by atoms with Crippen LogP contribution in [0.25, 0.3) is 0 Å². The van der Waals surface area contributed by atoms with E-state index in [0.29, 0.717) is 28.3 Å². The summed E-state index contributed by atoms with van der Waals surface area (Å²) in [6.45, 7) is 8.47. The summed E-state index contributed by atoms with van der Waals surface area (Å²) in [5.74, 6) is 0.0290. The molecule has 10 nitrogen and oxygen atoms in total. The molecule has 0 aliphatic carbocycles. The Morgan fingerprint density at radius 2 is 1.82 bits per heavy atom. The van der Waals surface area contributed by atoms with Gasteiger partial charge in [0.25, 0.3) is 5.91 Å².